The van der Waals surface area contributed by atoms with Gasteiger partial charge in [-0.1, -0.05) is 12.8 Å². The van der Waals surface area contributed by atoms with Gasteiger partial charge in [-0.3, -0.25) is 4.79 Å². The van der Waals surface area contributed by atoms with Crippen LogP contribution < -0.4 is 0 Å². The number of hydrogen-bond donors (Lipinski definition) is 0. The molecule has 1 aromatic heterocycles. The summed E-state index contributed by atoms with van der Waals surface area (Å²) >= 11 is 5.68. The molecule has 70 valence electrons. The Morgan fingerprint density at radius 1 is 1.62 bits per heavy atom. The van der Waals surface area contributed by atoms with Gasteiger partial charge in [0.2, 0.25) is 5.22 Å². The van der Waals surface area contributed by atoms with Gasteiger partial charge in [-0.2, -0.15) is 0 Å². The molecule has 1 heterocycles. The summed E-state index contributed by atoms with van der Waals surface area (Å²) in [5, 5.41) is 0.223. The van der Waals surface area contributed by atoms with Crippen LogP contribution in [0.3, 0.4) is 0 Å². The molecule has 13 heavy (non-hydrogen) atoms. The molecule has 2 rings (SSSR count). The largest absolute Gasteiger partial charge is 0.452 e. The van der Waals surface area contributed by atoms with E-state index in [2.05, 4.69) is 0 Å². The average Bonchev–Trinajstić information content (AvgIpc) is 2.84. The van der Waals surface area contributed by atoms with E-state index in [-0.39, 0.29) is 11.0 Å². The van der Waals surface area contributed by atoms with Crippen LogP contribution in [0.25, 0.3) is 0 Å². The fourth-order valence-electron chi connectivity index (χ4n) is 1.37. The van der Waals surface area contributed by atoms with Crippen molar-refractivity contribution in [2.45, 2.75) is 25.7 Å². The molecule has 0 bridgehead atoms. The third kappa shape index (κ3) is 2.13. The summed E-state index contributed by atoms with van der Waals surface area (Å²) < 4.78 is 4.85. The van der Waals surface area contributed by atoms with Crippen LogP contribution >= 0.6 is 11.6 Å². The zero-order valence-corrected chi connectivity index (χ0v) is 8.01. The second-order valence-electron chi connectivity index (χ2n) is 3.51. The Morgan fingerprint density at radius 2 is 2.38 bits per heavy atom. The van der Waals surface area contributed by atoms with Crippen molar-refractivity contribution in [1.29, 1.82) is 0 Å². The molecule has 0 amide bonds. The normalized spacial score (nSPS) is 16.1. The molecule has 0 unspecified atom stereocenters. The lowest BCUT2D eigenvalue weighted by Gasteiger charge is -1.96. The van der Waals surface area contributed by atoms with Gasteiger partial charge >= 0.3 is 0 Å². The van der Waals surface area contributed by atoms with E-state index in [4.69, 9.17) is 16.0 Å². The molecule has 0 radical (unpaired) electrons. The van der Waals surface area contributed by atoms with Gasteiger partial charge in [0.25, 0.3) is 0 Å². The van der Waals surface area contributed by atoms with Crippen LogP contribution in [-0.2, 0) is 0 Å². The molecule has 1 fully saturated rings. The Morgan fingerprint density at radius 3 is 2.92 bits per heavy atom. The maximum atomic E-state index is 11.5. The maximum absolute atomic E-state index is 11.5. The van der Waals surface area contributed by atoms with Crippen LogP contribution in [0.4, 0.5) is 0 Å². The molecular formula is C10H11ClO2. The number of furan rings is 1. The molecule has 1 aromatic rings. The number of carbonyl (C=O) groups excluding carboxylic acids is 1. The van der Waals surface area contributed by atoms with Crippen LogP contribution in [0, 0.1) is 5.92 Å². The van der Waals surface area contributed by atoms with Gasteiger partial charge < -0.3 is 4.42 Å². The van der Waals surface area contributed by atoms with Gasteiger partial charge in [0.05, 0.1) is 11.8 Å². The molecular weight excluding hydrogens is 188 g/mol. The molecule has 2 nitrogen and oxygen atoms in total. The summed E-state index contributed by atoms with van der Waals surface area (Å²) in [6, 6.07) is 1.64. The number of halogens is 1. The van der Waals surface area contributed by atoms with Crippen molar-refractivity contribution in [3.8, 4) is 0 Å². The van der Waals surface area contributed by atoms with E-state index in [1.165, 1.54) is 19.1 Å². The molecule has 1 aliphatic carbocycles. The van der Waals surface area contributed by atoms with Crippen LogP contribution in [0.2, 0.25) is 5.22 Å². The second kappa shape index (κ2) is 3.54. The number of rotatable bonds is 4. The monoisotopic (exact) mass is 198 g/mol. The smallest absolute Gasteiger partial charge is 0.203 e. The maximum Gasteiger partial charge on any atom is 0.203 e. The highest BCUT2D eigenvalue weighted by atomic mass is 35.5. The molecule has 0 aliphatic heterocycles. The summed E-state index contributed by atoms with van der Waals surface area (Å²) in [6.07, 6.45) is 5.62. The van der Waals surface area contributed by atoms with E-state index in [0.717, 1.165) is 12.3 Å². The first-order valence-electron chi connectivity index (χ1n) is 4.53. The first kappa shape index (κ1) is 8.82. The number of ketones is 1. The van der Waals surface area contributed by atoms with Gasteiger partial charge in [0, 0.05) is 6.42 Å². The van der Waals surface area contributed by atoms with E-state index in [9.17, 15) is 4.79 Å². The van der Waals surface area contributed by atoms with E-state index in [0.29, 0.717) is 12.0 Å². The van der Waals surface area contributed by atoms with Crippen LogP contribution in [0.5, 0.6) is 0 Å². The van der Waals surface area contributed by atoms with Crippen molar-refractivity contribution >= 4 is 17.4 Å². The topological polar surface area (TPSA) is 30.2 Å². The quantitative estimate of drug-likeness (QED) is 0.695. The first-order chi connectivity index (χ1) is 6.27. The zero-order chi connectivity index (χ0) is 9.26. The Hall–Kier alpha value is -0.760. The fourth-order valence-corrected chi connectivity index (χ4v) is 1.59. The highest BCUT2D eigenvalue weighted by Gasteiger charge is 2.23. The van der Waals surface area contributed by atoms with Crippen molar-refractivity contribution in [3.63, 3.8) is 0 Å². The Balaban J connectivity index is 1.92. The fraction of sp³-hybridized carbons (Fsp3) is 0.500. The SMILES string of the molecule is O=C(CCC1CC1)c1ccoc1Cl. The summed E-state index contributed by atoms with van der Waals surface area (Å²) in [5.74, 6) is 0.889. The van der Waals surface area contributed by atoms with E-state index >= 15 is 0 Å². The Bertz CT molecular complexity index is 312. The number of hydrogen-bond acceptors (Lipinski definition) is 2. The minimum absolute atomic E-state index is 0.102. The van der Waals surface area contributed by atoms with Crippen molar-refractivity contribution < 1.29 is 9.21 Å². The van der Waals surface area contributed by atoms with Crippen molar-refractivity contribution in [2.75, 3.05) is 0 Å². The highest BCUT2D eigenvalue weighted by molar-refractivity contribution is 6.32. The number of carbonyl (C=O) groups is 1. The lowest BCUT2D eigenvalue weighted by Crippen LogP contribution is -1.98. The zero-order valence-electron chi connectivity index (χ0n) is 7.25. The van der Waals surface area contributed by atoms with Crippen molar-refractivity contribution in [3.05, 3.63) is 23.1 Å². The first-order valence-corrected chi connectivity index (χ1v) is 4.91. The van der Waals surface area contributed by atoms with Gasteiger partial charge in [-0.15, -0.1) is 0 Å². The summed E-state index contributed by atoms with van der Waals surface area (Å²) in [6.45, 7) is 0. The molecule has 0 atom stereocenters. The third-order valence-electron chi connectivity index (χ3n) is 2.39. The molecule has 0 N–H and O–H groups in total. The second-order valence-corrected chi connectivity index (χ2v) is 3.86. The molecule has 3 heteroatoms. The van der Waals surface area contributed by atoms with Gasteiger partial charge in [-0.05, 0) is 30.0 Å². The average molecular weight is 199 g/mol. The Kier molecular flexibility index (Phi) is 2.40. The third-order valence-corrected chi connectivity index (χ3v) is 2.69. The molecule has 1 saturated carbocycles. The van der Waals surface area contributed by atoms with Crippen LogP contribution in [0.15, 0.2) is 16.7 Å². The lowest BCUT2D eigenvalue weighted by molar-refractivity contribution is 0.0977. The highest BCUT2D eigenvalue weighted by Crippen LogP contribution is 2.34. The lowest BCUT2D eigenvalue weighted by atomic mass is 10.1. The van der Waals surface area contributed by atoms with Crippen molar-refractivity contribution in [2.24, 2.45) is 5.92 Å². The summed E-state index contributed by atoms with van der Waals surface area (Å²) in [7, 11) is 0. The Labute approximate surface area is 81.9 Å². The molecule has 0 saturated heterocycles. The summed E-state index contributed by atoms with van der Waals surface area (Å²) in [5.41, 5.74) is 0.530. The molecule has 0 aromatic carbocycles. The van der Waals surface area contributed by atoms with Gasteiger partial charge in [-0.25, -0.2) is 0 Å². The van der Waals surface area contributed by atoms with Gasteiger partial charge in [0.15, 0.2) is 5.78 Å². The molecule has 1 aliphatic rings. The van der Waals surface area contributed by atoms with E-state index in [1.807, 2.05) is 0 Å². The van der Waals surface area contributed by atoms with E-state index < -0.39 is 0 Å². The van der Waals surface area contributed by atoms with Gasteiger partial charge in [0.1, 0.15) is 0 Å². The minimum Gasteiger partial charge on any atom is -0.452 e. The minimum atomic E-state index is 0.102. The standard InChI is InChI=1S/C10H11ClO2/c11-10-8(5-6-13-10)9(12)4-3-7-1-2-7/h5-7H,1-4H2. The predicted octanol–water partition coefficient (Wildman–Crippen LogP) is 3.31. The van der Waals surface area contributed by atoms with E-state index in [1.54, 1.807) is 6.07 Å². The van der Waals surface area contributed by atoms with Crippen LogP contribution in [-0.4, -0.2) is 5.78 Å². The summed E-state index contributed by atoms with van der Waals surface area (Å²) in [4.78, 5) is 11.5. The van der Waals surface area contributed by atoms with Crippen LogP contribution in [0.1, 0.15) is 36.0 Å². The van der Waals surface area contributed by atoms with Crippen molar-refractivity contribution in [1.82, 2.24) is 0 Å². The predicted molar refractivity (Wildman–Crippen MR) is 50.0 cm³/mol. The molecule has 0 spiro atoms. The number of Topliss-reactive ketones (excluding diaryl/α,β-unsaturated/α-hetero) is 1.